The predicted molar refractivity (Wildman–Crippen MR) is 104 cm³/mol. The Morgan fingerprint density at radius 2 is 1.92 bits per heavy atom. The summed E-state index contributed by atoms with van der Waals surface area (Å²) < 4.78 is 10.7. The molecule has 4 nitrogen and oxygen atoms in total. The zero-order valence-corrected chi connectivity index (χ0v) is 16.0. The lowest BCUT2D eigenvalue weighted by molar-refractivity contribution is -0.670. The Morgan fingerprint density at radius 3 is 2.69 bits per heavy atom. The number of halogens is 1. The van der Waals surface area contributed by atoms with Crippen LogP contribution < -0.4 is 15.7 Å². The molecule has 3 rings (SSSR count). The van der Waals surface area contributed by atoms with Gasteiger partial charge in [0, 0.05) is 28.5 Å². The number of rotatable bonds is 6. The zero-order chi connectivity index (χ0) is 18.7. The molecule has 0 saturated heterocycles. The first kappa shape index (κ1) is 18.5. The Hall–Kier alpha value is -2.30. The normalized spacial score (nSPS) is 11.1. The second-order valence-electron chi connectivity index (χ2n) is 6.54. The predicted octanol–water partition coefficient (Wildman–Crippen LogP) is 3.38. The van der Waals surface area contributed by atoms with E-state index in [1.807, 2.05) is 31.2 Å². The van der Waals surface area contributed by atoms with Crippen LogP contribution in [0.4, 0.5) is 0 Å². The minimum atomic E-state index is -0.331. The van der Waals surface area contributed by atoms with Crippen LogP contribution in [-0.2, 0) is 13.0 Å². The van der Waals surface area contributed by atoms with E-state index in [9.17, 15) is 4.79 Å². The Bertz CT molecular complexity index is 994. The van der Waals surface area contributed by atoms with E-state index in [2.05, 4.69) is 18.3 Å². The highest BCUT2D eigenvalue weighted by Crippen LogP contribution is 2.25. The summed E-state index contributed by atoms with van der Waals surface area (Å²) in [6, 6.07) is 11.5. The van der Waals surface area contributed by atoms with Crippen LogP contribution in [0.25, 0.3) is 11.0 Å². The molecule has 0 bridgehead atoms. The van der Waals surface area contributed by atoms with E-state index in [-0.39, 0.29) is 5.63 Å². The summed E-state index contributed by atoms with van der Waals surface area (Å²) in [4.78, 5) is 11.8. The lowest BCUT2D eigenvalue weighted by Crippen LogP contribution is -2.83. The molecule has 0 amide bonds. The molecule has 2 N–H and O–H groups in total. The van der Waals surface area contributed by atoms with Gasteiger partial charge in [0.25, 0.3) is 0 Å². The van der Waals surface area contributed by atoms with Gasteiger partial charge in [0.05, 0.1) is 13.7 Å². The zero-order valence-electron chi connectivity index (χ0n) is 15.3. The summed E-state index contributed by atoms with van der Waals surface area (Å²) in [5.74, 6) is 0.914. The smallest absolute Gasteiger partial charge is 0.336 e. The fourth-order valence-corrected chi connectivity index (χ4v) is 3.30. The van der Waals surface area contributed by atoms with Crippen molar-refractivity contribution in [3.63, 3.8) is 0 Å². The molecule has 0 unspecified atom stereocenters. The Labute approximate surface area is 157 Å². The van der Waals surface area contributed by atoms with E-state index in [0.717, 1.165) is 35.2 Å². The largest absolute Gasteiger partial charge is 0.496 e. The molecule has 1 heterocycles. The highest BCUT2D eigenvalue weighted by Gasteiger charge is 2.10. The molecular weight excluding hydrogens is 350 g/mol. The first-order chi connectivity index (χ1) is 12.5. The average Bonchev–Trinajstić information content (AvgIpc) is 2.60. The maximum atomic E-state index is 11.8. The van der Waals surface area contributed by atoms with Crippen LogP contribution in [0.15, 0.2) is 45.6 Å². The molecule has 0 aliphatic rings. The van der Waals surface area contributed by atoms with E-state index in [0.29, 0.717) is 17.2 Å². The summed E-state index contributed by atoms with van der Waals surface area (Å²) in [5.41, 5.74) is 4.51. The van der Waals surface area contributed by atoms with Gasteiger partial charge in [-0.1, -0.05) is 29.3 Å². The van der Waals surface area contributed by atoms with Gasteiger partial charge in [-0.3, -0.25) is 0 Å². The minimum Gasteiger partial charge on any atom is -0.496 e. The van der Waals surface area contributed by atoms with Crippen molar-refractivity contribution < 1.29 is 14.5 Å². The van der Waals surface area contributed by atoms with E-state index < -0.39 is 0 Å². The Balaban J connectivity index is 1.73. The summed E-state index contributed by atoms with van der Waals surface area (Å²) in [6.07, 6.45) is 0.893. The topological polar surface area (TPSA) is 56.0 Å². The SMILES string of the molecule is COc1ccc(C)cc1CC[NH2+]Cc1cc(=O)oc2cc(C)c(Cl)cc12. The highest BCUT2D eigenvalue weighted by molar-refractivity contribution is 6.32. The molecule has 0 radical (unpaired) electrons. The van der Waals surface area contributed by atoms with Crippen molar-refractivity contribution in [3.05, 3.63) is 74.1 Å². The molecule has 0 spiro atoms. The summed E-state index contributed by atoms with van der Waals surface area (Å²) in [7, 11) is 1.69. The number of hydrogen-bond donors (Lipinski definition) is 1. The molecule has 136 valence electrons. The number of nitrogens with two attached hydrogens (primary N) is 1. The molecule has 26 heavy (non-hydrogen) atoms. The van der Waals surface area contributed by atoms with Gasteiger partial charge >= 0.3 is 5.63 Å². The van der Waals surface area contributed by atoms with Crippen molar-refractivity contribution in [2.45, 2.75) is 26.8 Å². The third-order valence-electron chi connectivity index (χ3n) is 4.53. The van der Waals surface area contributed by atoms with Crippen LogP contribution in [-0.4, -0.2) is 13.7 Å². The van der Waals surface area contributed by atoms with Crippen molar-refractivity contribution in [1.29, 1.82) is 0 Å². The fourth-order valence-electron chi connectivity index (χ4n) is 3.14. The van der Waals surface area contributed by atoms with Gasteiger partial charge in [-0.05, 0) is 43.2 Å². The van der Waals surface area contributed by atoms with Gasteiger partial charge in [-0.15, -0.1) is 0 Å². The molecule has 1 aromatic heterocycles. The maximum absolute atomic E-state index is 11.8. The third kappa shape index (κ3) is 4.09. The first-order valence-electron chi connectivity index (χ1n) is 8.66. The van der Waals surface area contributed by atoms with Crippen LogP contribution in [0, 0.1) is 13.8 Å². The van der Waals surface area contributed by atoms with Crippen LogP contribution in [0.5, 0.6) is 5.75 Å². The van der Waals surface area contributed by atoms with Gasteiger partial charge < -0.3 is 14.5 Å². The third-order valence-corrected chi connectivity index (χ3v) is 4.93. The van der Waals surface area contributed by atoms with Crippen LogP contribution >= 0.6 is 11.6 Å². The maximum Gasteiger partial charge on any atom is 0.336 e. The standard InChI is InChI=1S/C21H22ClNO3/c1-13-4-5-19(25-3)15(8-13)6-7-23-12-16-10-21(24)26-20-9-14(2)18(22)11-17(16)20/h4-5,8-11,23H,6-7,12H2,1-3H3/p+1. The minimum absolute atomic E-state index is 0.331. The molecule has 0 atom stereocenters. The fraction of sp³-hybridized carbons (Fsp3) is 0.286. The molecule has 2 aromatic carbocycles. The number of aryl methyl sites for hydroxylation is 2. The number of methoxy groups -OCH3 is 1. The van der Waals surface area contributed by atoms with Crippen molar-refractivity contribution in [1.82, 2.24) is 0 Å². The van der Waals surface area contributed by atoms with E-state index in [1.165, 1.54) is 11.1 Å². The van der Waals surface area contributed by atoms with Crippen molar-refractivity contribution >= 4 is 22.6 Å². The number of ether oxygens (including phenoxy) is 1. The van der Waals surface area contributed by atoms with Crippen molar-refractivity contribution in [2.24, 2.45) is 0 Å². The van der Waals surface area contributed by atoms with Gasteiger partial charge in [-0.2, -0.15) is 0 Å². The summed E-state index contributed by atoms with van der Waals surface area (Å²) >= 11 is 6.25. The molecule has 5 heteroatoms. The van der Waals surface area contributed by atoms with Gasteiger partial charge in [-0.25, -0.2) is 4.79 Å². The lowest BCUT2D eigenvalue weighted by atomic mass is 10.1. The number of hydrogen-bond acceptors (Lipinski definition) is 3. The monoisotopic (exact) mass is 372 g/mol. The number of fused-ring (bicyclic) bond motifs is 1. The van der Waals surface area contributed by atoms with Crippen LogP contribution in [0.3, 0.4) is 0 Å². The molecule has 0 aliphatic heterocycles. The summed E-state index contributed by atoms with van der Waals surface area (Å²) in [5, 5.41) is 3.76. The molecule has 3 aromatic rings. The highest BCUT2D eigenvalue weighted by atomic mass is 35.5. The molecule has 0 fully saturated rings. The number of quaternary nitrogens is 1. The Morgan fingerprint density at radius 1 is 1.12 bits per heavy atom. The van der Waals surface area contributed by atoms with E-state index in [1.54, 1.807) is 13.2 Å². The quantitative estimate of drug-likeness (QED) is 0.533. The van der Waals surface area contributed by atoms with Gasteiger partial charge in [0.2, 0.25) is 0 Å². The molecule has 0 saturated carbocycles. The second kappa shape index (κ2) is 7.94. The van der Waals surface area contributed by atoms with Crippen LogP contribution in [0.1, 0.15) is 22.3 Å². The summed E-state index contributed by atoms with van der Waals surface area (Å²) in [6.45, 7) is 5.56. The number of benzene rings is 2. The van der Waals surface area contributed by atoms with Crippen LogP contribution in [0.2, 0.25) is 5.02 Å². The second-order valence-corrected chi connectivity index (χ2v) is 6.94. The Kier molecular flexibility index (Phi) is 5.64. The molecule has 0 aliphatic carbocycles. The van der Waals surface area contributed by atoms with E-state index in [4.69, 9.17) is 20.8 Å². The average molecular weight is 373 g/mol. The molecular formula is C21H23ClNO3+. The van der Waals surface area contributed by atoms with Crippen molar-refractivity contribution in [3.8, 4) is 5.75 Å². The van der Waals surface area contributed by atoms with Crippen molar-refractivity contribution in [2.75, 3.05) is 13.7 Å². The van der Waals surface area contributed by atoms with Gasteiger partial charge in [0.15, 0.2) is 0 Å². The first-order valence-corrected chi connectivity index (χ1v) is 9.04. The lowest BCUT2D eigenvalue weighted by Gasteiger charge is -2.10. The van der Waals surface area contributed by atoms with E-state index >= 15 is 0 Å². The van der Waals surface area contributed by atoms with Gasteiger partial charge in [0.1, 0.15) is 17.9 Å².